The first-order chi connectivity index (χ1) is 7.80. The number of hydrogen-bond acceptors (Lipinski definition) is 1. The summed E-state index contributed by atoms with van der Waals surface area (Å²) in [6, 6.07) is 5.76. The van der Waals surface area contributed by atoms with Gasteiger partial charge in [0.25, 0.3) is 0 Å². The molecule has 0 amide bonds. The van der Waals surface area contributed by atoms with Gasteiger partial charge in [-0.25, -0.2) is 0 Å². The maximum Gasteiger partial charge on any atom is 0.0595 e. The summed E-state index contributed by atoms with van der Waals surface area (Å²) in [4.78, 5) is 0. The molecule has 0 saturated heterocycles. The van der Waals surface area contributed by atoms with E-state index in [9.17, 15) is 0 Å². The predicted octanol–water partition coefficient (Wildman–Crippen LogP) is 4.77. The summed E-state index contributed by atoms with van der Waals surface area (Å²) in [5.41, 5.74) is 1.51. The highest BCUT2D eigenvalue weighted by Crippen LogP contribution is 2.25. The zero-order valence-corrected chi connectivity index (χ0v) is 12.5. The van der Waals surface area contributed by atoms with E-state index < -0.39 is 0 Å². The van der Waals surface area contributed by atoms with Crippen molar-refractivity contribution in [1.82, 2.24) is 5.32 Å². The van der Waals surface area contributed by atoms with Crippen molar-refractivity contribution in [2.24, 2.45) is 11.3 Å². The van der Waals surface area contributed by atoms with Gasteiger partial charge in [0.15, 0.2) is 0 Å². The molecule has 0 radical (unpaired) electrons. The molecular weight excluding hydrogens is 253 g/mol. The number of halogens is 2. The Morgan fingerprint density at radius 2 is 1.82 bits per heavy atom. The zero-order valence-electron chi connectivity index (χ0n) is 11.0. The first kappa shape index (κ1) is 14.8. The van der Waals surface area contributed by atoms with Crippen LogP contribution in [-0.2, 0) is 6.54 Å². The molecule has 1 unspecified atom stereocenters. The SMILES string of the molecule is CC(CNCc1ccc(Cl)c(Cl)c1)C(C)(C)C. The van der Waals surface area contributed by atoms with Crippen molar-refractivity contribution in [3.05, 3.63) is 33.8 Å². The minimum absolute atomic E-state index is 0.338. The molecule has 0 aliphatic heterocycles. The molecule has 96 valence electrons. The molecule has 1 atom stereocenters. The first-order valence-corrected chi connectivity index (χ1v) is 6.71. The van der Waals surface area contributed by atoms with Crippen LogP contribution in [0.5, 0.6) is 0 Å². The van der Waals surface area contributed by atoms with E-state index in [-0.39, 0.29) is 0 Å². The van der Waals surface area contributed by atoms with Gasteiger partial charge in [-0.3, -0.25) is 0 Å². The molecule has 0 aliphatic rings. The zero-order chi connectivity index (χ0) is 13.1. The van der Waals surface area contributed by atoms with Crippen molar-refractivity contribution in [2.75, 3.05) is 6.54 Å². The monoisotopic (exact) mass is 273 g/mol. The molecule has 0 fully saturated rings. The minimum Gasteiger partial charge on any atom is -0.312 e. The highest BCUT2D eigenvalue weighted by molar-refractivity contribution is 6.42. The van der Waals surface area contributed by atoms with E-state index in [0.717, 1.165) is 13.1 Å². The molecule has 3 heteroatoms. The third-order valence-corrected chi connectivity index (χ3v) is 3.98. The Morgan fingerprint density at radius 3 is 2.35 bits per heavy atom. The molecule has 1 rings (SSSR count). The van der Waals surface area contributed by atoms with E-state index in [0.29, 0.717) is 21.4 Å². The van der Waals surface area contributed by atoms with Crippen LogP contribution in [0.4, 0.5) is 0 Å². The largest absolute Gasteiger partial charge is 0.312 e. The van der Waals surface area contributed by atoms with Gasteiger partial charge in [-0.1, -0.05) is 57.0 Å². The van der Waals surface area contributed by atoms with E-state index in [1.165, 1.54) is 5.56 Å². The lowest BCUT2D eigenvalue weighted by Crippen LogP contribution is -2.29. The average molecular weight is 274 g/mol. The van der Waals surface area contributed by atoms with Gasteiger partial charge in [0.2, 0.25) is 0 Å². The Kier molecular flexibility index (Phi) is 5.30. The van der Waals surface area contributed by atoms with Crippen molar-refractivity contribution in [2.45, 2.75) is 34.2 Å². The number of hydrogen-bond donors (Lipinski definition) is 1. The van der Waals surface area contributed by atoms with E-state index in [1.54, 1.807) is 0 Å². The van der Waals surface area contributed by atoms with Crippen LogP contribution in [-0.4, -0.2) is 6.54 Å². The quantitative estimate of drug-likeness (QED) is 0.834. The summed E-state index contributed by atoms with van der Waals surface area (Å²) >= 11 is 11.8. The summed E-state index contributed by atoms with van der Waals surface area (Å²) in [5.74, 6) is 0.630. The van der Waals surface area contributed by atoms with Crippen LogP contribution < -0.4 is 5.32 Å². The van der Waals surface area contributed by atoms with Crippen molar-refractivity contribution in [3.8, 4) is 0 Å². The summed E-state index contributed by atoms with van der Waals surface area (Å²) in [5, 5.41) is 4.68. The normalized spacial score (nSPS) is 13.8. The van der Waals surface area contributed by atoms with Crippen molar-refractivity contribution in [3.63, 3.8) is 0 Å². The molecule has 1 aromatic rings. The molecule has 0 spiro atoms. The van der Waals surface area contributed by atoms with Gasteiger partial charge >= 0.3 is 0 Å². The Morgan fingerprint density at radius 1 is 1.18 bits per heavy atom. The predicted molar refractivity (Wildman–Crippen MR) is 76.8 cm³/mol. The van der Waals surface area contributed by atoms with Gasteiger partial charge in [0.05, 0.1) is 10.0 Å². The first-order valence-electron chi connectivity index (χ1n) is 5.95. The fourth-order valence-electron chi connectivity index (χ4n) is 1.39. The third kappa shape index (κ3) is 4.87. The van der Waals surface area contributed by atoms with Crippen LogP contribution in [0.15, 0.2) is 18.2 Å². The lowest BCUT2D eigenvalue weighted by atomic mass is 9.82. The van der Waals surface area contributed by atoms with Crippen LogP contribution in [0.1, 0.15) is 33.3 Å². The fraction of sp³-hybridized carbons (Fsp3) is 0.571. The Labute approximate surface area is 115 Å². The summed E-state index contributed by atoms with van der Waals surface area (Å²) < 4.78 is 0. The standard InChI is InChI=1S/C14H21Cl2N/c1-10(14(2,3)4)8-17-9-11-5-6-12(15)13(16)7-11/h5-7,10,17H,8-9H2,1-4H3. The maximum atomic E-state index is 5.97. The van der Waals surface area contributed by atoms with Crippen molar-refractivity contribution < 1.29 is 0 Å². The van der Waals surface area contributed by atoms with Crippen molar-refractivity contribution >= 4 is 23.2 Å². The second kappa shape index (κ2) is 6.08. The van der Waals surface area contributed by atoms with Crippen LogP contribution >= 0.6 is 23.2 Å². The average Bonchev–Trinajstić information content (AvgIpc) is 2.22. The summed E-state index contributed by atoms with van der Waals surface area (Å²) in [6.07, 6.45) is 0. The number of benzene rings is 1. The van der Waals surface area contributed by atoms with E-state index in [2.05, 4.69) is 33.0 Å². The summed E-state index contributed by atoms with van der Waals surface area (Å²) in [6.45, 7) is 10.9. The van der Waals surface area contributed by atoms with Crippen LogP contribution in [0.2, 0.25) is 10.0 Å². The summed E-state index contributed by atoms with van der Waals surface area (Å²) in [7, 11) is 0. The topological polar surface area (TPSA) is 12.0 Å². The number of nitrogens with one attached hydrogen (secondary N) is 1. The third-order valence-electron chi connectivity index (χ3n) is 3.24. The molecule has 1 aromatic carbocycles. The molecule has 17 heavy (non-hydrogen) atoms. The van der Waals surface area contributed by atoms with Gasteiger partial charge in [0, 0.05) is 6.54 Å². The van der Waals surface area contributed by atoms with Crippen LogP contribution in [0.3, 0.4) is 0 Å². The minimum atomic E-state index is 0.338. The molecule has 0 saturated carbocycles. The van der Waals surface area contributed by atoms with E-state index in [4.69, 9.17) is 23.2 Å². The Hall–Kier alpha value is -0.240. The number of rotatable bonds is 4. The highest BCUT2D eigenvalue weighted by Gasteiger charge is 2.19. The lowest BCUT2D eigenvalue weighted by Gasteiger charge is -2.27. The van der Waals surface area contributed by atoms with Crippen LogP contribution in [0.25, 0.3) is 0 Å². The lowest BCUT2D eigenvalue weighted by molar-refractivity contribution is 0.252. The Balaban J connectivity index is 2.44. The molecule has 1 N–H and O–H groups in total. The molecule has 0 heterocycles. The smallest absolute Gasteiger partial charge is 0.0595 e. The maximum absolute atomic E-state index is 5.97. The highest BCUT2D eigenvalue weighted by atomic mass is 35.5. The second-order valence-corrected chi connectivity index (χ2v) is 6.46. The molecule has 0 bridgehead atoms. The Bertz CT molecular complexity index is 369. The van der Waals surface area contributed by atoms with Gasteiger partial charge in [-0.05, 0) is 35.6 Å². The van der Waals surface area contributed by atoms with Gasteiger partial charge in [0.1, 0.15) is 0 Å². The van der Waals surface area contributed by atoms with Crippen molar-refractivity contribution in [1.29, 1.82) is 0 Å². The molecule has 1 nitrogen and oxygen atoms in total. The molecule has 0 aliphatic carbocycles. The van der Waals surface area contributed by atoms with E-state index in [1.807, 2.05) is 18.2 Å². The van der Waals surface area contributed by atoms with Crippen LogP contribution in [0, 0.1) is 11.3 Å². The second-order valence-electron chi connectivity index (χ2n) is 5.65. The fourth-order valence-corrected chi connectivity index (χ4v) is 1.71. The van der Waals surface area contributed by atoms with Gasteiger partial charge in [-0.2, -0.15) is 0 Å². The van der Waals surface area contributed by atoms with E-state index >= 15 is 0 Å². The van der Waals surface area contributed by atoms with Gasteiger partial charge in [-0.15, -0.1) is 0 Å². The molecule has 0 aromatic heterocycles. The van der Waals surface area contributed by atoms with Gasteiger partial charge < -0.3 is 5.32 Å². The molecular formula is C14H21Cl2N.